The minimum atomic E-state index is -4.78. The quantitative estimate of drug-likeness (QED) is 0.370. The van der Waals surface area contributed by atoms with E-state index in [9.17, 15) is 22.8 Å². The van der Waals surface area contributed by atoms with E-state index in [0.717, 1.165) is 16.9 Å². The number of fused-ring (bicyclic) bond motifs is 2. The Balaban J connectivity index is 1.57. The monoisotopic (exact) mass is 507 g/mol. The molecule has 0 radical (unpaired) electrons. The molecule has 0 spiro atoms. The summed E-state index contributed by atoms with van der Waals surface area (Å²) in [5, 5.41) is 6.11. The number of hydrogen-bond donors (Lipinski definition) is 2. The number of methoxy groups -OCH3 is 1. The van der Waals surface area contributed by atoms with Gasteiger partial charge in [-0.3, -0.25) is 4.79 Å². The minimum Gasteiger partial charge on any atom is -0.467 e. The normalized spacial score (nSPS) is 12.1. The smallest absolute Gasteiger partial charge is 0.467 e. The third-order valence-corrected chi connectivity index (χ3v) is 6.01. The van der Waals surface area contributed by atoms with Crippen LogP contribution in [0, 0.1) is 0 Å². The molecular weight excluding hydrogens is 487 g/mol. The summed E-state index contributed by atoms with van der Waals surface area (Å²) in [5.41, 5.74) is 0.822. The lowest BCUT2D eigenvalue weighted by atomic mass is 10.0. The molecule has 1 amide bonds. The number of amides is 1. The fourth-order valence-electron chi connectivity index (χ4n) is 3.37. The fourth-order valence-corrected chi connectivity index (χ4v) is 4.25. The second kappa shape index (κ2) is 8.73. The van der Waals surface area contributed by atoms with Crippen LogP contribution in [-0.2, 0) is 16.6 Å². The first-order valence-electron chi connectivity index (χ1n) is 10.2. The molecule has 9 nitrogen and oxygen atoms in total. The lowest BCUT2D eigenvalue weighted by molar-refractivity contribution is -0.274. The van der Waals surface area contributed by atoms with E-state index in [0.29, 0.717) is 32.4 Å². The summed E-state index contributed by atoms with van der Waals surface area (Å²) < 4.78 is 48.4. The number of hydrogen-bond acceptors (Lipinski definition) is 8. The summed E-state index contributed by atoms with van der Waals surface area (Å²) in [6.07, 6.45) is -4.78. The van der Waals surface area contributed by atoms with E-state index < -0.39 is 23.8 Å². The maximum atomic E-state index is 12.7. The number of nitrogens with one attached hydrogen (secondary N) is 2. The Kier molecular flexibility index (Phi) is 6.05. The number of thiazole rings is 1. The summed E-state index contributed by atoms with van der Waals surface area (Å²) in [4.78, 5) is 33.4. The molecule has 0 fully saturated rings. The third-order valence-electron chi connectivity index (χ3n) is 5.08. The molecule has 0 aliphatic carbocycles. The fraction of sp³-hybridized carbons (Fsp3) is 0.273. The molecule has 4 rings (SSSR count). The van der Waals surface area contributed by atoms with Gasteiger partial charge in [0.15, 0.2) is 5.13 Å². The molecule has 0 aliphatic heterocycles. The maximum Gasteiger partial charge on any atom is 0.573 e. The number of anilines is 2. The summed E-state index contributed by atoms with van der Waals surface area (Å²) in [5.74, 6) is -0.961. The lowest BCUT2D eigenvalue weighted by Gasteiger charge is -2.23. The van der Waals surface area contributed by atoms with Crippen molar-refractivity contribution in [2.45, 2.75) is 25.7 Å². The summed E-state index contributed by atoms with van der Waals surface area (Å²) in [7, 11) is 3.01. The van der Waals surface area contributed by atoms with Crippen molar-refractivity contribution in [2.75, 3.05) is 12.4 Å². The zero-order chi connectivity index (χ0) is 25.5. The lowest BCUT2D eigenvalue weighted by Crippen LogP contribution is -2.50. The van der Waals surface area contributed by atoms with Gasteiger partial charge in [-0.25, -0.2) is 14.8 Å². The minimum absolute atomic E-state index is 0.302. The van der Waals surface area contributed by atoms with E-state index in [2.05, 4.69) is 25.3 Å². The molecule has 0 bridgehead atoms. The summed E-state index contributed by atoms with van der Waals surface area (Å²) in [6, 6.07) is 8.81. The molecule has 35 heavy (non-hydrogen) atoms. The van der Waals surface area contributed by atoms with E-state index in [1.165, 1.54) is 39.2 Å². The van der Waals surface area contributed by atoms with Gasteiger partial charge >= 0.3 is 12.3 Å². The Morgan fingerprint density at radius 1 is 1.06 bits per heavy atom. The average Bonchev–Trinajstić information content (AvgIpc) is 3.31. The van der Waals surface area contributed by atoms with Gasteiger partial charge in [0.05, 0.1) is 28.4 Å². The molecule has 2 aromatic carbocycles. The van der Waals surface area contributed by atoms with Crippen LogP contribution in [0.5, 0.6) is 5.75 Å². The molecule has 0 saturated carbocycles. The van der Waals surface area contributed by atoms with Gasteiger partial charge in [0, 0.05) is 18.7 Å². The van der Waals surface area contributed by atoms with Crippen molar-refractivity contribution in [2.24, 2.45) is 7.05 Å². The molecule has 2 aromatic heterocycles. The third kappa shape index (κ3) is 5.14. The highest BCUT2D eigenvalue weighted by atomic mass is 32.1. The number of esters is 1. The van der Waals surface area contributed by atoms with Crippen molar-refractivity contribution < 1.29 is 32.2 Å². The highest BCUT2D eigenvalue weighted by Crippen LogP contribution is 2.33. The van der Waals surface area contributed by atoms with Crippen LogP contribution in [0.4, 0.5) is 24.3 Å². The molecule has 0 unspecified atom stereocenters. The number of rotatable bonds is 6. The average molecular weight is 507 g/mol. The zero-order valence-electron chi connectivity index (χ0n) is 19.0. The highest BCUT2D eigenvalue weighted by molar-refractivity contribution is 7.22. The number of benzene rings is 2. The Labute approximate surface area is 200 Å². The SMILES string of the molecule is COC(=O)C(C)(C)NC(=O)c1ccc2c(c1)nc(Nc1nc3ccc(OC(F)(F)F)cc3s1)n2C. The number of ether oxygens (including phenoxy) is 2. The van der Waals surface area contributed by atoms with Gasteiger partial charge < -0.3 is 24.7 Å². The van der Waals surface area contributed by atoms with E-state index in [-0.39, 0.29) is 5.75 Å². The van der Waals surface area contributed by atoms with Crippen molar-refractivity contribution >= 4 is 55.5 Å². The van der Waals surface area contributed by atoms with Crippen molar-refractivity contribution in [3.63, 3.8) is 0 Å². The van der Waals surface area contributed by atoms with Gasteiger partial charge in [-0.1, -0.05) is 11.3 Å². The van der Waals surface area contributed by atoms with Crippen molar-refractivity contribution in [1.82, 2.24) is 19.9 Å². The highest BCUT2D eigenvalue weighted by Gasteiger charge is 2.32. The first-order valence-corrected chi connectivity index (χ1v) is 11.0. The van der Waals surface area contributed by atoms with Gasteiger partial charge in [-0.05, 0) is 44.2 Å². The number of aromatic nitrogens is 3. The first kappa shape index (κ1) is 24.3. The topological polar surface area (TPSA) is 107 Å². The molecule has 0 atom stereocenters. The van der Waals surface area contributed by atoms with Crippen molar-refractivity contribution in [3.8, 4) is 5.75 Å². The van der Waals surface area contributed by atoms with Crippen LogP contribution in [0.2, 0.25) is 0 Å². The molecule has 2 heterocycles. The van der Waals surface area contributed by atoms with Crippen molar-refractivity contribution in [3.05, 3.63) is 42.0 Å². The maximum absolute atomic E-state index is 12.7. The van der Waals surface area contributed by atoms with Gasteiger partial charge in [0.2, 0.25) is 5.95 Å². The van der Waals surface area contributed by atoms with Crippen LogP contribution in [0.15, 0.2) is 36.4 Å². The van der Waals surface area contributed by atoms with Crippen LogP contribution >= 0.6 is 11.3 Å². The predicted molar refractivity (Wildman–Crippen MR) is 124 cm³/mol. The molecule has 0 aliphatic rings. The van der Waals surface area contributed by atoms with Gasteiger partial charge in [0.1, 0.15) is 11.3 Å². The molecule has 184 valence electrons. The van der Waals surface area contributed by atoms with E-state index in [4.69, 9.17) is 4.74 Å². The predicted octanol–water partition coefficient (Wildman–Crippen LogP) is 4.51. The molecule has 2 N–H and O–H groups in total. The largest absolute Gasteiger partial charge is 0.573 e. The van der Waals surface area contributed by atoms with Crippen LogP contribution in [0.25, 0.3) is 21.3 Å². The van der Waals surface area contributed by atoms with Gasteiger partial charge in [0.25, 0.3) is 5.91 Å². The molecule has 13 heteroatoms. The van der Waals surface area contributed by atoms with Gasteiger partial charge in [-0.15, -0.1) is 13.2 Å². The van der Waals surface area contributed by atoms with Crippen LogP contribution in [0.3, 0.4) is 0 Å². The van der Waals surface area contributed by atoms with E-state index in [1.807, 2.05) is 0 Å². The van der Waals surface area contributed by atoms with E-state index >= 15 is 0 Å². The molecule has 0 saturated heterocycles. The van der Waals surface area contributed by atoms with E-state index in [1.54, 1.807) is 29.8 Å². The zero-order valence-corrected chi connectivity index (χ0v) is 19.8. The number of halogens is 3. The number of carbonyl (C=O) groups is 2. The van der Waals surface area contributed by atoms with Crippen LogP contribution in [-0.4, -0.2) is 45.4 Å². The Morgan fingerprint density at radius 2 is 1.80 bits per heavy atom. The second-order valence-corrected chi connectivity index (χ2v) is 9.12. The number of aryl methyl sites for hydroxylation is 1. The Morgan fingerprint density at radius 3 is 2.49 bits per heavy atom. The number of nitrogens with zero attached hydrogens (tertiary/aromatic N) is 3. The second-order valence-electron chi connectivity index (χ2n) is 8.09. The summed E-state index contributed by atoms with van der Waals surface area (Å²) in [6.45, 7) is 3.07. The Hall–Kier alpha value is -3.87. The van der Waals surface area contributed by atoms with Crippen molar-refractivity contribution in [1.29, 1.82) is 0 Å². The van der Waals surface area contributed by atoms with Crippen LogP contribution in [0.1, 0.15) is 24.2 Å². The molecular formula is C22H20F3N5O4S. The summed E-state index contributed by atoms with van der Waals surface area (Å²) >= 11 is 1.14. The van der Waals surface area contributed by atoms with Crippen LogP contribution < -0.4 is 15.4 Å². The molecule has 4 aromatic rings. The number of imidazole rings is 1. The Bertz CT molecular complexity index is 1440. The first-order chi connectivity index (χ1) is 16.4. The van der Waals surface area contributed by atoms with Gasteiger partial charge in [-0.2, -0.15) is 0 Å². The number of carbonyl (C=O) groups excluding carboxylic acids is 2. The number of alkyl halides is 3. The standard InChI is InChI=1S/C22H20F3N5O4S/c1-21(2,18(32)33-4)29-17(31)11-5-8-15-14(9-11)26-19(30(15)3)28-20-27-13-7-6-12(10-16(13)35-20)34-22(23,24)25/h5-10H,1-4H3,(H,29,31)(H,26,27,28).